The van der Waals surface area contributed by atoms with Gasteiger partial charge >= 0.3 is 58.4 Å². The van der Waals surface area contributed by atoms with Gasteiger partial charge in [0.05, 0.1) is 12.4 Å². The summed E-state index contributed by atoms with van der Waals surface area (Å²) in [7, 11) is 0. The van der Waals surface area contributed by atoms with Crippen LogP contribution in [0.25, 0.3) is 0 Å². The van der Waals surface area contributed by atoms with Crippen molar-refractivity contribution in [2.75, 3.05) is 13.4 Å². The molecular formula is C11H12BF4KO2. The molecule has 0 heterocycles. The zero-order valence-corrected chi connectivity index (χ0v) is 13.7. The van der Waals surface area contributed by atoms with Gasteiger partial charge < -0.3 is 22.4 Å². The summed E-state index contributed by atoms with van der Waals surface area (Å²) in [6.45, 7) is -5.04. The first kappa shape index (κ1) is 17.5. The monoisotopic (exact) mass is 302 g/mol. The molecule has 19 heavy (non-hydrogen) atoms. The van der Waals surface area contributed by atoms with E-state index in [2.05, 4.69) is 0 Å². The summed E-state index contributed by atoms with van der Waals surface area (Å²) in [4.78, 5) is 0. The zero-order chi connectivity index (χ0) is 13.2. The largest absolute Gasteiger partial charge is 1.00 e. The minimum absolute atomic E-state index is 0. The summed E-state index contributed by atoms with van der Waals surface area (Å²) >= 11 is 0. The molecule has 1 aliphatic rings. The number of benzene rings is 1. The maximum atomic E-state index is 12.9. The Kier molecular flexibility index (Phi) is 6.82. The third-order valence-corrected chi connectivity index (χ3v) is 2.68. The Morgan fingerprint density at radius 1 is 1.21 bits per heavy atom. The van der Waals surface area contributed by atoms with E-state index in [-0.39, 0.29) is 58.2 Å². The van der Waals surface area contributed by atoms with Crippen molar-refractivity contribution >= 4 is 12.4 Å². The molecule has 0 aliphatic heterocycles. The second-order valence-electron chi connectivity index (χ2n) is 4.33. The van der Waals surface area contributed by atoms with E-state index in [4.69, 9.17) is 9.47 Å². The molecule has 1 aromatic rings. The maximum Gasteiger partial charge on any atom is 1.00 e. The third kappa shape index (κ3) is 5.73. The Morgan fingerprint density at radius 2 is 1.89 bits per heavy atom. The predicted octanol–water partition coefficient (Wildman–Crippen LogP) is -0.353. The van der Waals surface area contributed by atoms with Crippen LogP contribution in [0.15, 0.2) is 18.2 Å². The smallest absolute Gasteiger partial charge is 0.470 e. The van der Waals surface area contributed by atoms with E-state index < -0.39 is 24.0 Å². The Morgan fingerprint density at radius 3 is 2.47 bits per heavy atom. The molecule has 0 N–H and O–H groups in total. The van der Waals surface area contributed by atoms with Crippen LogP contribution < -0.4 is 61.6 Å². The first-order valence-corrected chi connectivity index (χ1v) is 5.67. The fraction of sp³-hybridized carbons (Fsp3) is 0.455. The van der Waals surface area contributed by atoms with Crippen LogP contribution in [0, 0.1) is 11.7 Å². The minimum Gasteiger partial charge on any atom is -0.470 e. The van der Waals surface area contributed by atoms with Gasteiger partial charge in [-0.05, 0) is 24.8 Å². The zero-order valence-electron chi connectivity index (χ0n) is 10.5. The van der Waals surface area contributed by atoms with Crippen LogP contribution in [0.3, 0.4) is 0 Å². The SMILES string of the molecule is Fc1ccc([B-](F)(F)F)c(OCOCC2CC2)c1.[K+]. The topological polar surface area (TPSA) is 18.5 Å². The molecule has 0 spiro atoms. The summed E-state index contributed by atoms with van der Waals surface area (Å²) in [6.07, 6.45) is 2.16. The number of ether oxygens (including phenoxy) is 2. The molecule has 2 rings (SSSR count). The molecule has 1 aliphatic carbocycles. The molecule has 0 atom stereocenters. The van der Waals surface area contributed by atoms with Gasteiger partial charge in [-0.15, -0.1) is 0 Å². The molecule has 0 aromatic heterocycles. The van der Waals surface area contributed by atoms with Gasteiger partial charge in [0, 0.05) is 6.07 Å². The summed E-state index contributed by atoms with van der Waals surface area (Å²) in [5.41, 5.74) is -0.938. The average Bonchev–Trinajstić information content (AvgIpc) is 3.06. The summed E-state index contributed by atoms with van der Waals surface area (Å²) in [5, 5.41) is 0. The van der Waals surface area contributed by atoms with E-state index in [1.807, 2.05) is 0 Å². The Balaban J connectivity index is 0.00000180. The van der Waals surface area contributed by atoms with Gasteiger partial charge in [0.25, 0.3) is 0 Å². The standard InChI is InChI=1S/C11H12BF4O2.K/c13-9-3-4-10(12(14,15)16)11(5-9)18-7-17-6-8-1-2-8;/h3-5,8H,1-2,6-7H2;/q-1;+1. The van der Waals surface area contributed by atoms with Gasteiger partial charge in [0.2, 0.25) is 0 Å². The van der Waals surface area contributed by atoms with Crippen LogP contribution in [0.1, 0.15) is 12.8 Å². The molecular weight excluding hydrogens is 290 g/mol. The van der Waals surface area contributed by atoms with E-state index in [9.17, 15) is 17.3 Å². The summed E-state index contributed by atoms with van der Waals surface area (Å²) < 4.78 is 60.8. The Hall–Kier alpha value is 0.401. The van der Waals surface area contributed by atoms with Gasteiger partial charge in [-0.3, -0.25) is 0 Å². The van der Waals surface area contributed by atoms with Crippen molar-refractivity contribution in [2.24, 2.45) is 5.92 Å². The number of halogens is 4. The summed E-state index contributed by atoms with van der Waals surface area (Å²) in [6, 6.07) is 2.18. The van der Waals surface area contributed by atoms with Crippen molar-refractivity contribution in [3.63, 3.8) is 0 Å². The predicted molar refractivity (Wildman–Crippen MR) is 59.3 cm³/mol. The molecule has 2 nitrogen and oxygen atoms in total. The number of hydrogen-bond acceptors (Lipinski definition) is 2. The molecule has 100 valence electrons. The fourth-order valence-electron chi connectivity index (χ4n) is 1.51. The average molecular weight is 302 g/mol. The van der Waals surface area contributed by atoms with Crippen LogP contribution in [0.2, 0.25) is 0 Å². The molecule has 0 radical (unpaired) electrons. The molecule has 0 unspecified atom stereocenters. The van der Waals surface area contributed by atoms with Crippen molar-refractivity contribution in [1.82, 2.24) is 0 Å². The van der Waals surface area contributed by atoms with Crippen molar-refractivity contribution in [2.45, 2.75) is 12.8 Å². The van der Waals surface area contributed by atoms with Gasteiger partial charge in [0.1, 0.15) is 5.82 Å². The second-order valence-corrected chi connectivity index (χ2v) is 4.33. The summed E-state index contributed by atoms with van der Waals surface area (Å²) in [5.74, 6) is -0.790. The number of hydrogen-bond donors (Lipinski definition) is 0. The van der Waals surface area contributed by atoms with E-state index in [1.54, 1.807) is 0 Å². The normalized spacial score (nSPS) is 14.9. The van der Waals surface area contributed by atoms with Crippen molar-refractivity contribution in [1.29, 1.82) is 0 Å². The minimum atomic E-state index is -5.22. The Labute approximate surface area is 151 Å². The first-order chi connectivity index (χ1) is 8.47. The second kappa shape index (κ2) is 7.42. The van der Waals surface area contributed by atoms with Crippen LogP contribution in [-0.2, 0) is 4.74 Å². The fourth-order valence-corrected chi connectivity index (χ4v) is 1.51. The van der Waals surface area contributed by atoms with Crippen LogP contribution in [0.5, 0.6) is 5.75 Å². The molecule has 1 fully saturated rings. The van der Waals surface area contributed by atoms with Gasteiger partial charge in [-0.1, -0.05) is 11.5 Å². The first-order valence-electron chi connectivity index (χ1n) is 5.67. The molecule has 0 bridgehead atoms. The number of rotatable bonds is 6. The van der Waals surface area contributed by atoms with E-state index in [0.29, 0.717) is 18.6 Å². The quantitative estimate of drug-likeness (QED) is 0.309. The molecule has 8 heteroatoms. The maximum absolute atomic E-state index is 12.9. The van der Waals surface area contributed by atoms with Gasteiger partial charge in [-0.2, -0.15) is 0 Å². The van der Waals surface area contributed by atoms with E-state index >= 15 is 0 Å². The molecule has 0 saturated heterocycles. The van der Waals surface area contributed by atoms with Crippen molar-refractivity contribution in [3.05, 3.63) is 24.0 Å². The van der Waals surface area contributed by atoms with Crippen LogP contribution >= 0.6 is 0 Å². The van der Waals surface area contributed by atoms with Crippen molar-refractivity contribution in [3.8, 4) is 5.75 Å². The van der Waals surface area contributed by atoms with Crippen LogP contribution in [0.4, 0.5) is 17.3 Å². The molecule has 0 amide bonds. The van der Waals surface area contributed by atoms with Gasteiger partial charge in [0.15, 0.2) is 6.79 Å². The third-order valence-electron chi connectivity index (χ3n) is 2.68. The van der Waals surface area contributed by atoms with Crippen molar-refractivity contribution < 1.29 is 78.2 Å². The van der Waals surface area contributed by atoms with E-state index in [0.717, 1.165) is 25.0 Å². The van der Waals surface area contributed by atoms with Gasteiger partial charge in [-0.25, -0.2) is 4.39 Å². The molecule has 1 saturated carbocycles. The molecule has 1 aromatic carbocycles. The Bertz CT molecular complexity index is 424. The van der Waals surface area contributed by atoms with E-state index in [1.165, 1.54) is 0 Å². The van der Waals surface area contributed by atoms with Crippen LogP contribution in [-0.4, -0.2) is 20.4 Å².